The van der Waals surface area contributed by atoms with E-state index in [2.05, 4.69) is 4.99 Å². The van der Waals surface area contributed by atoms with Crippen LogP contribution in [0.15, 0.2) is 52.4 Å². The minimum Gasteiger partial charge on any atom is -0.319 e. The quantitative estimate of drug-likeness (QED) is 0.617. The van der Waals surface area contributed by atoms with Crippen LogP contribution in [0.2, 0.25) is 0 Å². The number of hydrogen-bond donors (Lipinski definition) is 0. The van der Waals surface area contributed by atoms with Crippen molar-refractivity contribution in [3.05, 3.63) is 58.6 Å². The Morgan fingerprint density at radius 3 is 2.63 bits per heavy atom. The first kappa shape index (κ1) is 20.9. The molecule has 0 N–H and O–H groups in total. The number of benzene rings is 2. The van der Waals surface area contributed by atoms with Gasteiger partial charge in [-0.05, 0) is 61.2 Å². The molecule has 3 aromatic rings. The van der Waals surface area contributed by atoms with Gasteiger partial charge in [0.15, 0.2) is 4.80 Å². The van der Waals surface area contributed by atoms with Crippen molar-refractivity contribution in [2.45, 2.75) is 24.7 Å². The summed E-state index contributed by atoms with van der Waals surface area (Å²) in [6.07, 6.45) is 1.88. The molecule has 30 heavy (non-hydrogen) atoms. The summed E-state index contributed by atoms with van der Waals surface area (Å²) in [6, 6.07) is 10.3. The van der Waals surface area contributed by atoms with Crippen LogP contribution in [0.3, 0.4) is 0 Å². The normalized spacial score (nSPS) is 18.8. The van der Waals surface area contributed by atoms with Crippen molar-refractivity contribution >= 4 is 37.5 Å². The summed E-state index contributed by atoms with van der Waals surface area (Å²) < 4.78 is 43.1. The lowest BCUT2D eigenvalue weighted by atomic mass is 10.0. The first-order chi connectivity index (χ1) is 14.3. The van der Waals surface area contributed by atoms with Gasteiger partial charge in [-0.15, -0.1) is 0 Å². The second-order valence-electron chi connectivity index (χ2n) is 7.61. The molecule has 1 atom stereocenters. The van der Waals surface area contributed by atoms with E-state index in [1.165, 1.54) is 52.0 Å². The predicted molar refractivity (Wildman–Crippen MR) is 114 cm³/mol. The van der Waals surface area contributed by atoms with Crippen molar-refractivity contribution in [2.24, 2.45) is 18.0 Å². The number of thiazole rings is 1. The summed E-state index contributed by atoms with van der Waals surface area (Å²) in [5.74, 6) is -0.487. The first-order valence-corrected chi connectivity index (χ1v) is 12.0. The number of fused-ring (bicyclic) bond motifs is 1. The van der Waals surface area contributed by atoms with Gasteiger partial charge in [0.05, 0.1) is 15.1 Å². The molecule has 9 heteroatoms. The maximum atomic E-state index is 13.4. The molecule has 1 saturated heterocycles. The van der Waals surface area contributed by atoms with Crippen molar-refractivity contribution in [3.63, 3.8) is 0 Å². The average Bonchev–Trinajstić information content (AvgIpc) is 3.02. The second-order valence-corrected chi connectivity index (χ2v) is 10.6. The number of carbonyl (C=O) groups excluding carboxylic acids is 1. The fraction of sp³-hybridized carbons (Fsp3) is 0.333. The maximum absolute atomic E-state index is 13.4. The molecule has 1 aliphatic rings. The fourth-order valence-electron chi connectivity index (χ4n) is 3.65. The lowest BCUT2D eigenvalue weighted by Gasteiger charge is -2.30. The molecule has 0 spiro atoms. The molecule has 158 valence electrons. The number of rotatable bonds is 3. The molecular weight excluding hydrogens is 425 g/mol. The third-order valence-corrected chi connectivity index (χ3v) is 8.30. The van der Waals surface area contributed by atoms with Gasteiger partial charge in [-0.3, -0.25) is 4.79 Å². The Balaban J connectivity index is 1.61. The predicted octanol–water partition coefficient (Wildman–Crippen LogP) is 3.54. The Labute approximate surface area is 178 Å². The average molecular weight is 448 g/mol. The Kier molecular flexibility index (Phi) is 5.61. The van der Waals surface area contributed by atoms with Crippen molar-refractivity contribution in [3.8, 4) is 0 Å². The Hall–Kier alpha value is -2.36. The summed E-state index contributed by atoms with van der Waals surface area (Å²) in [5, 5.41) is 0. The van der Waals surface area contributed by atoms with Crippen molar-refractivity contribution < 1.29 is 17.6 Å². The maximum Gasteiger partial charge on any atom is 0.279 e. The number of hydrogen-bond acceptors (Lipinski definition) is 4. The van der Waals surface area contributed by atoms with Crippen LogP contribution in [-0.4, -0.2) is 36.3 Å². The van der Waals surface area contributed by atoms with Crippen LogP contribution in [0.5, 0.6) is 0 Å². The van der Waals surface area contributed by atoms with Gasteiger partial charge in [-0.1, -0.05) is 18.3 Å². The number of halogens is 1. The van der Waals surface area contributed by atoms with E-state index < -0.39 is 15.9 Å². The molecular formula is C21H22FN3O3S2. The zero-order valence-electron chi connectivity index (χ0n) is 16.7. The van der Waals surface area contributed by atoms with Crippen molar-refractivity contribution in [1.82, 2.24) is 8.87 Å². The Bertz CT molecular complexity index is 1280. The molecule has 0 radical (unpaired) electrons. The highest BCUT2D eigenvalue weighted by atomic mass is 32.2. The van der Waals surface area contributed by atoms with Gasteiger partial charge in [-0.2, -0.15) is 9.30 Å². The number of aromatic nitrogens is 1. The highest BCUT2D eigenvalue weighted by Crippen LogP contribution is 2.24. The highest BCUT2D eigenvalue weighted by Gasteiger charge is 2.28. The van der Waals surface area contributed by atoms with Gasteiger partial charge < -0.3 is 4.57 Å². The standard InChI is InChI=1S/C21H22FN3O3S2/c1-14-4-3-11-25(13-14)30(27,28)17-8-5-15(6-9-17)20(26)23-21-24(2)18-10-7-16(22)12-19(18)29-21/h5-10,12,14H,3-4,11,13H2,1-2H3/t14-/m0/s1. The molecule has 2 heterocycles. The highest BCUT2D eigenvalue weighted by molar-refractivity contribution is 7.89. The largest absolute Gasteiger partial charge is 0.319 e. The van der Waals surface area contributed by atoms with E-state index in [4.69, 9.17) is 0 Å². The zero-order valence-corrected chi connectivity index (χ0v) is 18.3. The molecule has 1 aromatic heterocycles. The van der Waals surface area contributed by atoms with Crippen LogP contribution in [0.4, 0.5) is 4.39 Å². The number of nitrogens with zero attached hydrogens (tertiary/aromatic N) is 3. The zero-order chi connectivity index (χ0) is 21.5. The van der Waals surface area contributed by atoms with Gasteiger partial charge in [0, 0.05) is 25.7 Å². The van der Waals surface area contributed by atoms with Crippen LogP contribution < -0.4 is 4.80 Å². The molecule has 0 saturated carbocycles. The molecule has 1 amide bonds. The molecule has 4 rings (SSSR count). The molecule has 0 unspecified atom stereocenters. The summed E-state index contributed by atoms with van der Waals surface area (Å²) in [5.41, 5.74) is 1.08. The lowest BCUT2D eigenvalue weighted by Crippen LogP contribution is -2.39. The summed E-state index contributed by atoms with van der Waals surface area (Å²) in [4.78, 5) is 17.4. The second kappa shape index (κ2) is 8.05. The molecule has 1 fully saturated rings. The van der Waals surface area contributed by atoms with Gasteiger partial charge in [-0.25, -0.2) is 12.8 Å². The van der Waals surface area contributed by atoms with E-state index in [1.807, 2.05) is 6.92 Å². The number of piperidine rings is 1. The number of aryl methyl sites for hydroxylation is 1. The summed E-state index contributed by atoms with van der Waals surface area (Å²) in [7, 11) is -1.81. The van der Waals surface area contributed by atoms with E-state index in [0.717, 1.165) is 18.4 Å². The van der Waals surface area contributed by atoms with Crippen LogP contribution in [0, 0.1) is 11.7 Å². The monoisotopic (exact) mass is 447 g/mol. The van der Waals surface area contributed by atoms with E-state index in [1.54, 1.807) is 17.7 Å². The van der Waals surface area contributed by atoms with Crippen LogP contribution in [0.25, 0.3) is 10.2 Å². The Morgan fingerprint density at radius 2 is 1.93 bits per heavy atom. The topological polar surface area (TPSA) is 71.7 Å². The third kappa shape index (κ3) is 3.97. The van der Waals surface area contributed by atoms with Crippen LogP contribution in [0.1, 0.15) is 30.1 Å². The smallest absolute Gasteiger partial charge is 0.279 e. The van der Waals surface area contributed by atoms with Crippen molar-refractivity contribution in [1.29, 1.82) is 0 Å². The third-order valence-electron chi connectivity index (χ3n) is 5.33. The van der Waals surface area contributed by atoms with Crippen LogP contribution >= 0.6 is 11.3 Å². The van der Waals surface area contributed by atoms with E-state index in [-0.39, 0.29) is 10.7 Å². The van der Waals surface area contributed by atoms with Gasteiger partial charge in [0.2, 0.25) is 10.0 Å². The summed E-state index contributed by atoms with van der Waals surface area (Å²) in [6.45, 7) is 3.08. The number of carbonyl (C=O) groups is 1. The van der Waals surface area contributed by atoms with Gasteiger partial charge >= 0.3 is 0 Å². The SMILES string of the molecule is C[C@H]1CCCN(S(=O)(=O)c2ccc(C(=O)N=c3sc4cc(F)ccc4n3C)cc2)C1. The van der Waals surface area contributed by atoms with E-state index >= 15 is 0 Å². The molecule has 2 aromatic carbocycles. The first-order valence-electron chi connectivity index (χ1n) is 9.70. The number of sulfonamides is 1. The molecule has 0 aliphatic carbocycles. The fourth-order valence-corrected chi connectivity index (χ4v) is 6.29. The van der Waals surface area contributed by atoms with Gasteiger partial charge in [0.1, 0.15) is 5.82 Å². The molecule has 6 nitrogen and oxygen atoms in total. The van der Waals surface area contributed by atoms with E-state index in [0.29, 0.717) is 34.1 Å². The molecule has 1 aliphatic heterocycles. The minimum atomic E-state index is -3.57. The Morgan fingerprint density at radius 1 is 1.20 bits per heavy atom. The minimum absolute atomic E-state index is 0.177. The summed E-state index contributed by atoms with van der Waals surface area (Å²) >= 11 is 1.22. The lowest BCUT2D eigenvalue weighted by molar-refractivity contribution is 0.0998. The van der Waals surface area contributed by atoms with Crippen molar-refractivity contribution in [2.75, 3.05) is 13.1 Å². The van der Waals surface area contributed by atoms with E-state index in [9.17, 15) is 17.6 Å². The van der Waals surface area contributed by atoms with Gasteiger partial charge in [0.25, 0.3) is 5.91 Å². The molecule has 0 bridgehead atoms. The van der Waals surface area contributed by atoms with Crippen LogP contribution in [-0.2, 0) is 17.1 Å². The number of amides is 1.